The van der Waals surface area contributed by atoms with Gasteiger partial charge >= 0.3 is 0 Å². The van der Waals surface area contributed by atoms with Crippen molar-refractivity contribution in [3.8, 4) is 0 Å². The fourth-order valence-electron chi connectivity index (χ4n) is 5.41. The Balaban J connectivity index is 1.16. The van der Waals surface area contributed by atoms with E-state index in [0.29, 0.717) is 35.7 Å². The van der Waals surface area contributed by atoms with E-state index in [-0.39, 0.29) is 11.8 Å². The molecule has 5 rings (SSSR count). The molecule has 34 heavy (non-hydrogen) atoms. The second-order valence-electron chi connectivity index (χ2n) is 9.59. The van der Waals surface area contributed by atoms with E-state index in [1.807, 2.05) is 60.7 Å². The van der Waals surface area contributed by atoms with Crippen LogP contribution in [0.3, 0.4) is 0 Å². The number of amides is 2. The number of hydrogen-bond donors (Lipinski definition) is 1. The van der Waals surface area contributed by atoms with Crippen molar-refractivity contribution in [2.75, 3.05) is 26.2 Å². The van der Waals surface area contributed by atoms with E-state index in [9.17, 15) is 14.7 Å². The molecule has 0 bridgehead atoms. The van der Waals surface area contributed by atoms with Crippen LogP contribution in [0.15, 0.2) is 60.7 Å². The predicted octanol–water partition coefficient (Wildman–Crippen LogP) is 4.94. The molecule has 5 nitrogen and oxygen atoms in total. The van der Waals surface area contributed by atoms with Gasteiger partial charge in [0.1, 0.15) is 0 Å². The molecule has 2 amide bonds. The Morgan fingerprint density at radius 1 is 0.882 bits per heavy atom. The van der Waals surface area contributed by atoms with Crippen molar-refractivity contribution < 1.29 is 14.7 Å². The number of likely N-dealkylation sites (tertiary alicyclic amines) is 1. The van der Waals surface area contributed by atoms with E-state index in [1.165, 1.54) is 4.90 Å². The number of unbranched alkanes of at least 4 members (excludes halogenated alkanes) is 1. The van der Waals surface area contributed by atoms with E-state index in [4.69, 9.17) is 11.6 Å². The van der Waals surface area contributed by atoms with Gasteiger partial charge in [-0.2, -0.15) is 0 Å². The van der Waals surface area contributed by atoms with Gasteiger partial charge in [0.15, 0.2) is 0 Å². The lowest BCUT2D eigenvalue weighted by atomic mass is 9.86. The Kier molecular flexibility index (Phi) is 6.43. The van der Waals surface area contributed by atoms with Crippen molar-refractivity contribution in [2.24, 2.45) is 0 Å². The molecule has 176 valence electrons. The number of rotatable bonds is 7. The van der Waals surface area contributed by atoms with Crippen LogP contribution in [0, 0.1) is 0 Å². The van der Waals surface area contributed by atoms with Crippen molar-refractivity contribution in [1.82, 2.24) is 9.80 Å². The number of carbonyl (C=O) groups is 2. The van der Waals surface area contributed by atoms with Crippen LogP contribution >= 0.6 is 11.6 Å². The lowest BCUT2D eigenvalue weighted by Gasteiger charge is -2.39. The van der Waals surface area contributed by atoms with Gasteiger partial charge in [0.2, 0.25) is 0 Å². The lowest BCUT2D eigenvalue weighted by Crippen LogP contribution is -2.49. The number of halogens is 1. The number of piperidine rings is 1. The topological polar surface area (TPSA) is 60.9 Å². The van der Waals surface area contributed by atoms with Crippen molar-refractivity contribution in [3.05, 3.63) is 82.4 Å². The first kappa shape index (κ1) is 23.0. The zero-order chi connectivity index (χ0) is 23.7. The Labute approximate surface area is 204 Å². The summed E-state index contributed by atoms with van der Waals surface area (Å²) in [6, 6.07) is 18.9. The third-order valence-electron chi connectivity index (χ3n) is 7.04. The Morgan fingerprint density at radius 2 is 1.53 bits per heavy atom. The van der Waals surface area contributed by atoms with Crippen molar-refractivity contribution in [1.29, 1.82) is 0 Å². The first-order valence-electron chi connectivity index (χ1n) is 12.0. The minimum atomic E-state index is -0.743. The van der Waals surface area contributed by atoms with E-state index >= 15 is 0 Å². The summed E-state index contributed by atoms with van der Waals surface area (Å²) in [6.45, 7) is 2.84. The molecule has 2 aliphatic rings. The fourth-order valence-corrected chi connectivity index (χ4v) is 5.54. The molecule has 2 heterocycles. The summed E-state index contributed by atoms with van der Waals surface area (Å²) in [5.74, 6) is -0.408. The summed E-state index contributed by atoms with van der Waals surface area (Å²) >= 11 is 5.99. The maximum Gasteiger partial charge on any atom is 0.261 e. The predicted molar refractivity (Wildman–Crippen MR) is 134 cm³/mol. The van der Waals surface area contributed by atoms with Gasteiger partial charge in [-0.3, -0.25) is 14.5 Å². The van der Waals surface area contributed by atoms with Gasteiger partial charge in [-0.1, -0.05) is 48.0 Å². The van der Waals surface area contributed by atoms with E-state index < -0.39 is 5.60 Å². The number of hydrogen-bond acceptors (Lipinski definition) is 4. The summed E-state index contributed by atoms with van der Waals surface area (Å²) in [5, 5.41) is 13.6. The fraction of sp³-hybridized carbons (Fsp3) is 0.357. The van der Waals surface area contributed by atoms with Gasteiger partial charge in [-0.15, -0.1) is 0 Å². The van der Waals surface area contributed by atoms with Crippen molar-refractivity contribution >= 4 is 34.2 Å². The van der Waals surface area contributed by atoms with Gasteiger partial charge in [0, 0.05) is 41.0 Å². The monoisotopic (exact) mass is 476 g/mol. The smallest absolute Gasteiger partial charge is 0.261 e. The molecule has 1 N–H and O–H groups in total. The van der Waals surface area contributed by atoms with Crippen LogP contribution in [0.4, 0.5) is 0 Å². The van der Waals surface area contributed by atoms with Gasteiger partial charge in [0.25, 0.3) is 11.8 Å². The molecule has 0 spiro atoms. The highest BCUT2D eigenvalue weighted by atomic mass is 35.5. The molecule has 3 aromatic rings. The summed E-state index contributed by atoms with van der Waals surface area (Å²) in [5.41, 5.74) is 1.56. The third-order valence-corrected chi connectivity index (χ3v) is 7.29. The van der Waals surface area contributed by atoms with Crippen LogP contribution in [0.25, 0.3) is 10.8 Å². The molecule has 0 aliphatic carbocycles. The average Bonchev–Trinajstić information content (AvgIpc) is 2.83. The van der Waals surface area contributed by atoms with Crippen LogP contribution in [-0.2, 0) is 6.42 Å². The first-order chi connectivity index (χ1) is 16.4. The van der Waals surface area contributed by atoms with Crippen LogP contribution in [-0.4, -0.2) is 58.5 Å². The van der Waals surface area contributed by atoms with Crippen molar-refractivity contribution in [2.45, 2.75) is 37.7 Å². The van der Waals surface area contributed by atoms with Crippen LogP contribution in [0.5, 0.6) is 0 Å². The molecule has 0 radical (unpaired) electrons. The number of aliphatic hydroxyl groups is 1. The molecule has 1 atom stereocenters. The quantitative estimate of drug-likeness (QED) is 0.387. The van der Waals surface area contributed by atoms with Gasteiger partial charge in [-0.25, -0.2) is 0 Å². The second-order valence-corrected chi connectivity index (χ2v) is 10.0. The molecular weight excluding hydrogens is 448 g/mol. The van der Waals surface area contributed by atoms with Gasteiger partial charge < -0.3 is 10.0 Å². The molecule has 1 saturated heterocycles. The van der Waals surface area contributed by atoms with Crippen LogP contribution in [0.1, 0.15) is 52.0 Å². The molecule has 6 heteroatoms. The average molecular weight is 477 g/mol. The van der Waals surface area contributed by atoms with Gasteiger partial charge in [0.05, 0.1) is 5.60 Å². The molecule has 0 saturated carbocycles. The maximum absolute atomic E-state index is 13.0. The molecule has 2 aliphatic heterocycles. The molecule has 1 unspecified atom stereocenters. The highest BCUT2D eigenvalue weighted by Gasteiger charge is 2.34. The Bertz CT molecular complexity index is 1180. The first-order valence-corrected chi connectivity index (χ1v) is 12.4. The normalized spacial score (nSPS) is 20.8. The minimum absolute atomic E-state index is 0.204. The molecule has 0 aromatic heterocycles. The zero-order valence-electron chi connectivity index (χ0n) is 19.2. The van der Waals surface area contributed by atoms with E-state index in [0.717, 1.165) is 55.1 Å². The number of carbonyl (C=O) groups excluding carboxylic acids is 2. The summed E-state index contributed by atoms with van der Waals surface area (Å²) in [4.78, 5) is 29.8. The van der Waals surface area contributed by atoms with Gasteiger partial charge in [-0.05, 0) is 74.0 Å². The molecule has 1 fully saturated rings. The number of nitrogens with zero attached hydrogens (tertiary/aromatic N) is 2. The summed E-state index contributed by atoms with van der Waals surface area (Å²) in [6.07, 6.45) is 3.95. The number of imide groups is 1. The number of β-amino-alcohol motifs (C(OH)–C–C–N with tert-alkyl or cyclic N) is 1. The maximum atomic E-state index is 13.0. The second kappa shape index (κ2) is 9.49. The van der Waals surface area contributed by atoms with E-state index in [1.54, 1.807) is 0 Å². The standard InChI is InChI=1S/C28H29ClN2O3/c29-22-12-10-20(11-13-22)18-28(34)14-5-16-30(19-28)15-1-2-17-31-26(32)23-8-3-6-21-7-4-9-24(25(21)23)27(31)33/h3-4,6-13,34H,1-2,5,14-19H2. The molecule has 3 aromatic carbocycles. The zero-order valence-corrected chi connectivity index (χ0v) is 19.9. The highest BCUT2D eigenvalue weighted by molar-refractivity contribution is 6.30. The Hall–Kier alpha value is -2.73. The third kappa shape index (κ3) is 4.61. The largest absolute Gasteiger partial charge is 0.388 e. The SMILES string of the molecule is O=C1c2cccc3cccc(c23)C(=O)N1CCCCN1CCCC(O)(Cc2ccc(Cl)cc2)C1. The lowest BCUT2D eigenvalue weighted by molar-refractivity contribution is -0.0305. The highest BCUT2D eigenvalue weighted by Crippen LogP contribution is 2.30. The summed E-state index contributed by atoms with van der Waals surface area (Å²) in [7, 11) is 0. The van der Waals surface area contributed by atoms with Crippen molar-refractivity contribution in [3.63, 3.8) is 0 Å². The molecular formula is C28H29ClN2O3. The summed E-state index contributed by atoms with van der Waals surface area (Å²) < 4.78 is 0. The number of benzene rings is 3. The van der Waals surface area contributed by atoms with Crippen LogP contribution < -0.4 is 0 Å². The van der Waals surface area contributed by atoms with E-state index in [2.05, 4.69) is 4.90 Å². The van der Waals surface area contributed by atoms with Crippen LogP contribution in [0.2, 0.25) is 5.02 Å². The Morgan fingerprint density at radius 3 is 2.21 bits per heavy atom. The minimum Gasteiger partial charge on any atom is -0.388 e.